The molecule has 2 aliphatic rings. The van der Waals surface area contributed by atoms with Crippen LogP contribution in [0.3, 0.4) is 0 Å². The minimum absolute atomic E-state index is 0.0266. The molecule has 2 aliphatic heterocycles. The van der Waals surface area contributed by atoms with Gasteiger partial charge in [-0.1, -0.05) is 15.9 Å². The third-order valence-electron chi connectivity index (χ3n) is 5.50. The van der Waals surface area contributed by atoms with Crippen molar-refractivity contribution in [1.82, 2.24) is 5.32 Å². The van der Waals surface area contributed by atoms with E-state index >= 15 is 0 Å². The van der Waals surface area contributed by atoms with E-state index in [0.29, 0.717) is 30.4 Å². The largest absolute Gasteiger partial charge is 0.416 e. The lowest BCUT2D eigenvalue weighted by Gasteiger charge is -2.31. The SMILES string of the molecule is FC(F)(F)c1ccc(Br)cc1.OC1CCN(c2ccc(C(F)(F)F)cc2)CC1.OC1CCNCC1. The van der Waals surface area contributed by atoms with Crippen molar-refractivity contribution in [1.29, 1.82) is 0 Å². The van der Waals surface area contributed by atoms with E-state index < -0.39 is 23.5 Å². The third-order valence-corrected chi connectivity index (χ3v) is 6.03. The fourth-order valence-corrected chi connectivity index (χ4v) is 3.70. The van der Waals surface area contributed by atoms with Crippen LogP contribution in [0.4, 0.5) is 32.0 Å². The van der Waals surface area contributed by atoms with Crippen molar-refractivity contribution in [3.05, 3.63) is 64.1 Å². The van der Waals surface area contributed by atoms with Gasteiger partial charge in [0.15, 0.2) is 0 Å². The Bertz CT molecular complexity index is 862. The molecule has 0 aliphatic carbocycles. The number of benzene rings is 2. The van der Waals surface area contributed by atoms with E-state index in [1.165, 1.54) is 24.3 Å². The quantitative estimate of drug-likeness (QED) is 0.376. The second kappa shape index (κ2) is 13.5. The number of anilines is 1. The summed E-state index contributed by atoms with van der Waals surface area (Å²) < 4.78 is 73.5. The molecule has 196 valence electrons. The number of aliphatic hydroxyl groups is 2. The predicted molar refractivity (Wildman–Crippen MR) is 126 cm³/mol. The average molecular weight is 571 g/mol. The van der Waals surface area contributed by atoms with Gasteiger partial charge >= 0.3 is 12.4 Å². The Kier molecular flexibility index (Phi) is 11.3. The van der Waals surface area contributed by atoms with Crippen molar-refractivity contribution in [3.8, 4) is 0 Å². The smallest absolute Gasteiger partial charge is 0.393 e. The van der Waals surface area contributed by atoms with Crippen molar-refractivity contribution >= 4 is 21.6 Å². The van der Waals surface area contributed by atoms with E-state index in [1.54, 1.807) is 0 Å². The van der Waals surface area contributed by atoms with Crippen molar-refractivity contribution in [2.75, 3.05) is 31.1 Å². The van der Waals surface area contributed by atoms with Gasteiger partial charge in [0.25, 0.3) is 0 Å². The van der Waals surface area contributed by atoms with E-state index in [4.69, 9.17) is 5.11 Å². The predicted octanol–water partition coefficient (Wildman–Crippen LogP) is 5.87. The van der Waals surface area contributed by atoms with Crippen molar-refractivity contribution < 1.29 is 36.6 Å². The maximum atomic E-state index is 12.4. The molecule has 0 aromatic heterocycles. The number of rotatable bonds is 1. The zero-order valence-electron chi connectivity index (χ0n) is 18.9. The summed E-state index contributed by atoms with van der Waals surface area (Å²) in [5.41, 5.74) is -0.469. The van der Waals surface area contributed by atoms with E-state index in [-0.39, 0.29) is 12.2 Å². The maximum Gasteiger partial charge on any atom is 0.416 e. The Morgan fingerprint density at radius 3 is 1.46 bits per heavy atom. The summed E-state index contributed by atoms with van der Waals surface area (Å²) >= 11 is 3.04. The van der Waals surface area contributed by atoms with Gasteiger partial charge in [0.05, 0.1) is 23.3 Å². The molecule has 35 heavy (non-hydrogen) atoms. The number of hydrogen-bond donors (Lipinski definition) is 3. The van der Waals surface area contributed by atoms with Crippen LogP contribution in [0.2, 0.25) is 0 Å². The lowest BCUT2D eigenvalue weighted by Crippen LogP contribution is -2.35. The molecule has 2 fully saturated rings. The number of piperidine rings is 2. The minimum atomic E-state index is -4.28. The van der Waals surface area contributed by atoms with Gasteiger partial charge in [0, 0.05) is 23.2 Å². The number of nitrogens with one attached hydrogen (secondary N) is 1. The molecule has 4 rings (SSSR count). The van der Waals surface area contributed by atoms with Crippen molar-refractivity contribution in [2.45, 2.75) is 50.2 Å². The summed E-state index contributed by atoms with van der Waals surface area (Å²) in [5, 5.41) is 21.4. The topological polar surface area (TPSA) is 55.7 Å². The molecule has 3 N–H and O–H groups in total. The molecule has 11 heteroatoms. The van der Waals surface area contributed by atoms with Crippen LogP contribution >= 0.6 is 15.9 Å². The summed E-state index contributed by atoms with van der Waals surface area (Å²) in [6, 6.07) is 9.96. The van der Waals surface area contributed by atoms with Gasteiger partial charge in [-0.25, -0.2) is 0 Å². The highest BCUT2D eigenvalue weighted by Crippen LogP contribution is 2.31. The highest BCUT2D eigenvalue weighted by Gasteiger charge is 2.30. The standard InChI is InChI=1S/C12H14F3NO.C7H4BrF3.C5H11NO/c13-12(14,15)9-1-3-10(4-2-9)16-7-5-11(17)6-8-16;8-6-3-1-5(2-4-6)7(9,10)11;7-5-1-3-6-4-2-5/h1-4,11,17H,5-8H2;1-4H;5-7H,1-4H2. The van der Waals surface area contributed by atoms with Gasteiger partial charge < -0.3 is 20.4 Å². The fraction of sp³-hybridized carbons (Fsp3) is 0.500. The minimum Gasteiger partial charge on any atom is -0.393 e. The molecule has 0 radical (unpaired) electrons. The summed E-state index contributed by atoms with van der Waals surface area (Å²) in [7, 11) is 0. The van der Waals surface area contributed by atoms with Crippen LogP contribution in [0.15, 0.2) is 53.0 Å². The van der Waals surface area contributed by atoms with Gasteiger partial charge in [-0.05, 0) is 87.3 Å². The second-order valence-electron chi connectivity index (χ2n) is 8.25. The molecule has 2 aromatic rings. The summed E-state index contributed by atoms with van der Waals surface area (Å²) in [4.78, 5) is 1.99. The maximum absolute atomic E-state index is 12.4. The molecular weight excluding hydrogens is 542 g/mol. The van der Waals surface area contributed by atoms with Crippen LogP contribution in [0.5, 0.6) is 0 Å². The highest BCUT2D eigenvalue weighted by molar-refractivity contribution is 9.10. The normalized spacial score (nSPS) is 17.7. The number of nitrogens with zero attached hydrogens (tertiary/aromatic N) is 1. The number of alkyl halides is 6. The van der Waals surface area contributed by atoms with Crippen LogP contribution in [0.25, 0.3) is 0 Å². The average Bonchev–Trinajstić information content (AvgIpc) is 2.80. The molecule has 0 spiro atoms. The van der Waals surface area contributed by atoms with Crippen LogP contribution in [-0.2, 0) is 12.4 Å². The molecule has 2 saturated heterocycles. The first-order chi connectivity index (χ1) is 16.4. The molecule has 0 amide bonds. The van der Waals surface area contributed by atoms with E-state index in [9.17, 15) is 31.4 Å². The Morgan fingerprint density at radius 2 is 1.09 bits per heavy atom. The number of halogens is 7. The second-order valence-corrected chi connectivity index (χ2v) is 9.16. The Labute approximate surface area is 209 Å². The molecule has 2 aromatic carbocycles. The molecule has 0 bridgehead atoms. The lowest BCUT2D eigenvalue weighted by molar-refractivity contribution is -0.138. The third kappa shape index (κ3) is 10.8. The number of hydrogen-bond acceptors (Lipinski definition) is 4. The highest BCUT2D eigenvalue weighted by atomic mass is 79.9. The molecule has 2 heterocycles. The van der Waals surface area contributed by atoms with E-state index in [1.807, 2.05) is 4.90 Å². The van der Waals surface area contributed by atoms with Gasteiger partial charge in [-0.15, -0.1) is 0 Å². The molecule has 4 nitrogen and oxygen atoms in total. The van der Waals surface area contributed by atoms with Gasteiger partial charge in [0.1, 0.15) is 0 Å². The Hall–Kier alpha value is -1.82. The van der Waals surface area contributed by atoms with Gasteiger partial charge in [-0.3, -0.25) is 0 Å². The zero-order chi connectivity index (χ0) is 26.1. The molecule has 0 unspecified atom stereocenters. The van der Waals surface area contributed by atoms with Gasteiger partial charge in [0.2, 0.25) is 0 Å². The van der Waals surface area contributed by atoms with Crippen molar-refractivity contribution in [2.24, 2.45) is 0 Å². The van der Waals surface area contributed by atoms with Crippen LogP contribution in [-0.4, -0.2) is 48.6 Å². The monoisotopic (exact) mass is 570 g/mol. The number of aliphatic hydroxyl groups excluding tert-OH is 2. The summed E-state index contributed by atoms with van der Waals surface area (Å²) in [5.74, 6) is 0. The summed E-state index contributed by atoms with van der Waals surface area (Å²) in [6.07, 6.45) is -5.62. The Balaban J connectivity index is 0.000000205. The first kappa shape index (κ1) is 29.4. The first-order valence-corrected chi connectivity index (χ1v) is 12.0. The lowest BCUT2D eigenvalue weighted by atomic mass is 10.1. The Morgan fingerprint density at radius 1 is 0.686 bits per heavy atom. The fourth-order valence-electron chi connectivity index (χ4n) is 3.43. The van der Waals surface area contributed by atoms with E-state index in [0.717, 1.165) is 55.9 Å². The van der Waals surface area contributed by atoms with Crippen LogP contribution in [0, 0.1) is 0 Å². The first-order valence-electron chi connectivity index (χ1n) is 11.2. The van der Waals surface area contributed by atoms with Crippen LogP contribution < -0.4 is 10.2 Å². The van der Waals surface area contributed by atoms with Gasteiger partial charge in [-0.2, -0.15) is 26.3 Å². The molecule has 0 saturated carbocycles. The summed E-state index contributed by atoms with van der Waals surface area (Å²) in [6.45, 7) is 3.35. The van der Waals surface area contributed by atoms with Crippen molar-refractivity contribution in [3.63, 3.8) is 0 Å². The van der Waals surface area contributed by atoms with Crippen LogP contribution in [0.1, 0.15) is 36.8 Å². The zero-order valence-corrected chi connectivity index (χ0v) is 20.5. The van der Waals surface area contributed by atoms with E-state index in [2.05, 4.69) is 21.2 Å². The molecular formula is C24H29BrF6N2O2. The molecule has 0 atom stereocenters.